The highest BCUT2D eigenvalue weighted by molar-refractivity contribution is 5.75. The maximum atomic E-state index is 11.1. The second kappa shape index (κ2) is 5.39. The second-order valence-electron chi connectivity index (χ2n) is 3.47. The van der Waals surface area contributed by atoms with E-state index in [-0.39, 0.29) is 5.91 Å². The van der Waals surface area contributed by atoms with Crippen LogP contribution in [-0.4, -0.2) is 20.1 Å². The van der Waals surface area contributed by atoms with E-state index in [1.165, 1.54) is 11.1 Å². The van der Waals surface area contributed by atoms with E-state index in [1.54, 1.807) is 14.2 Å². The Hall–Kier alpha value is -1.51. The van der Waals surface area contributed by atoms with E-state index in [2.05, 4.69) is 5.32 Å². The third kappa shape index (κ3) is 3.27. The van der Waals surface area contributed by atoms with Crippen LogP contribution in [0.4, 0.5) is 0 Å². The van der Waals surface area contributed by atoms with Crippen molar-refractivity contribution in [3.05, 3.63) is 29.3 Å². The molecule has 1 aromatic rings. The number of hydrogen-bond acceptors (Lipinski definition) is 2. The molecule has 1 N–H and O–H groups in total. The molecule has 0 atom stereocenters. The Morgan fingerprint density at radius 2 is 2.20 bits per heavy atom. The lowest BCUT2D eigenvalue weighted by atomic mass is 10.0. The molecule has 15 heavy (non-hydrogen) atoms. The summed E-state index contributed by atoms with van der Waals surface area (Å²) >= 11 is 0. The van der Waals surface area contributed by atoms with Crippen molar-refractivity contribution < 1.29 is 9.53 Å². The van der Waals surface area contributed by atoms with Crippen molar-refractivity contribution in [3.63, 3.8) is 0 Å². The highest BCUT2D eigenvalue weighted by Crippen LogP contribution is 2.17. The fourth-order valence-corrected chi connectivity index (χ4v) is 1.45. The minimum absolute atomic E-state index is 0.0743. The van der Waals surface area contributed by atoms with Gasteiger partial charge in [-0.2, -0.15) is 0 Å². The number of nitrogens with one attached hydrogen (secondary N) is 1. The molecular weight excluding hydrogens is 190 g/mol. The van der Waals surface area contributed by atoms with Crippen molar-refractivity contribution in [2.45, 2.75) is 19.8 Å². The summed E-state index contributed by atoms with van der Waals surface area (Å²) in [7, 11) is 3.31. The summed E-state index contributed by atoms with van der Waals surface area (Å²) in [5, 5.41) is 2.61. The second-order valence-corrected chi connectivity index (χ2v) is 3.47. The first-order valence-electron chi connectivity index (χ1n) is 5.01. The maximum absolute atomic E-state index is 11.1. The monoisotopic (exact) mass is 207 g/mol. The van der Waals surface area contributed by atoms with E-state index in [0.29, 0.717) is 6.42 Å². The number of benzene rings is 1. The van der Waals surface area contributed by atoms with Crippen LogP contribution in [0.1, 0.15) is 17.5 Å². The van der Waals surface area contributed by atoms with Gasteiger partial charge in [0.15, 0.2) is 0 Å². The molecule has 1 rings (SSSR count). The number of carbonyl (C=O) groups excluding carboxylic acids is 1. The number of carbonyl (C=O) groups is 1. The van der Waals surface area contributed by atoms with Gasteiger partial charge in [-0.15, -0.1) is 0 Å². The standard InChI is InChI=1S/C12H17NO2/c1-9-8-11(15-3)6-4-10(9)5-7-12(14)13-2/h4,6,8H,5,7H2,1-3H3,(H,13,14). The topological polar surface area (TPSA) is 38.3 Å². The van der Waals surface area contributed by atoms with Gasteiger partial charge >= 0.3 is 0 Å². The number of hydrogen-bond donors (Lipinski definition) is 1. The number of aryl methyl sites for hydroxylation is 2. The SMILES string of the molecule is CNC(=O)CCc1ccc(OC)cc1C. The van der Waals surface area contributed by atoms with E-state index >= 15 is 0 Å². The summed E-state index contributed by atoms with van der Waals surface area (Å²) in [6.07, 6.45) is 1.30. The van der Waals surface area contributed by atoms with Crippen LogP contribution in [0.15, 0.2) is 18.2 Å². The largest absolute Gasteiger partial charge is 0.497 e. The third-order valence-corrected chi connectivity index (χ3v) is 2.45. The van der Waals surface area contributed by atoms with Crippen LogP contribution in [0.25, 0.3) is 0 Å². The smallest absolute Gasteiger partial charge is 0.220 e. The lowest BCUT2D eigenvalue weighted by Crippen LogP contribution is -2.18. The Morgan fingerprint density at radius 3 is 2.73 bits per heavy atom. The predicted octanol–water partition coefficient (Wildman–Crippen LogP) is 1.68. The van der Waals surface area contributed by atoms with Crippen LogP contribution in [0.3, 0.4) is 0 Å². The van der Waals surface area contributed by atoms with E-state index in [1.807, 2.05) is 25.1 Å². The van der Waals surface area contributed by atoms with Crippen LogP contribution in [-0.2, 0) is 11.2 Å². The third-order valence-electron chi connectivity index (χ3n) is 2.45. The van der Waals surface area contributed by atoms with Gasteiger partial charge in [0.25, 0.3) is 0 Å². The molecule has 82 valence electrons. The van der Waals surface area contributed by atoms with Gasteiger partial charge in [-0.25, -0.2) is 0 Å². The molecule has 3 heteroatoms. The van der Waals surface area contributed by atoms with E-state index in [4.69, 9.17) is 4.74 Å². The Bertz CT molecular complexity index is 347. The fraction of sp³-hybridized carbons (Fsp3) is 0.417. The molecule has 0 heterocycles. The molecular formula is C12H17NO2. The molecule has 0 saturated heterocycles. The van der Waals surface area contributed by atoms with E-state index < -0.39 is 0 Å². The zero-order chi connectivity index (χ0) is 11.3. The average Bonchev–Trinajstić information content (AvgIpc) is 2.26. The molecule has 0 radical (unpaired) electrons. The number of rotatable bonds is 4. The van der Waals surface area contributed by atoms with Gasteiger partial charge in [0.05, 0.1) is 7.11 Å². The first-order valence-corrected chi connectivity index (χ1v) is 5.01. The van der Waals surface area contributed by atoms with Crippen LogP contribution in [0, 0.1) is 6.92 Å². The van der Waals surface area contributed by atoms with E-state index in [9.17, 15) is 4.79 Å². The molecule has 0 saturated carbocycles. The highest BCUT2D eigenvalue weighted by atomic mass is 16.5. The van der Waals surface area contributed by atoms with Crippen molar-refractivity contribution in [3.8, 4) is 5.75 Å². The summed E-state index contributed by atoms with van der Waals surface area (Å²) in [6, 6.07) is 5.92. The van der Waals surface area contributed by atoms with Gasteiger partial charge in [-0.3, -0.25) is 4.79 Å². The average molecular weight is 207 g/mol. The first kappa shape index (κ1) is 11.6. The summed E-state index contributed by atoms with van der Waals surface area (Å²) in [4.78, 5) is 11.1. The lowest BCUT2D eigenvalue weighted by molar-refractivity contribution is -0.120. The molecule has 1 aromatic carbocycles. The van der Waals surface area contributed by atoms with Crippen molar-refractivity contribution in [2.24, 2.45) is 0 Å². The van der Waals surface area contributed by atoms with Gasteiger partial charge in [-0.05, 0) is 36.6 Å². The van der Waals surface area contributed by atoms with Crippen molar-refractivity contribution in [2.75, 3.05) is 14.2 Å². The quantitative estimate of drug-likeness (QED) is 0.815. The molecule has 0 fully saturated rings. The Morgan fingerprint density at radius 1 is 1.47 bits per heavy atom. The Kier molecular flexibility index (Phi) is 4.16. The molecule has 0 aliphatic carbocycles. The molecule has 0 aromatic heterocycles. The normalized spacial score (nSPS) is 9.80. The number of methoxy groups -OCH3 is 1. The van der Waals surface area contributed by atoms with Crippen molar-refractivity contribution >= 4 is 5.91 Å². The van der Waals surface area contributed by atoms with Gasteiger partial charge in [-0.1, -0.05) is 6.07 Å². The zero-order valence-corrected chi connectivity index (χ0v) is 9.46. The zero-order valence-electron chi connectivity index (χ0n) is 9.46. The summed E-state index contributed by atoms with van der Waals surface area (Å²) in [6.45, 7) is 2.03. The van der Waals surface area contributed by atoms with Gasteiger partial charge in [0.2, 0.25) is 5.91 Å². The highest BCUT2D eigenvalue weighted by Gasteiger charge is 2.03. The summed E-state index contributed by atoms with van der Waals surface area (Å²) in [5.41, 5.74) is 2.36. The molecule has 0 aliphatic heterocycles. The summed E-state index contributed by atoms with van der Waals surface area (Å²) < 4.78 is 5.12. The molecule has 0 spiro atoms. The van der Waals surface area contributed by atoms with Crippen molar-refractivity contribution in [1.82, 2.24) is 5.32 Å². The maximum Gasteiger partial charge on any atom is 0.220 e. The first-order chi connectivity index (χ1) is 7.17. The van der Waals surface area contributed by atoms with Crippen molar-refractivity contribution in [1.29, 1.82) is 0 Å². The van der Waals surface area contributed by atoms with Gasteiger partial charge in [0.1, 0.15) is 5.75 Å². The van der Waals surface area contributed by atoms with Gasteiger partial charge in [0, 0.05) is 13.5 Å². The number of amides is 1. The van der Waals surface area contributed by atoms with E-state index in [0.717, 1.165) is 12.2 Å². The minimum atomic E-state index is 0.0743. The molecule has 1 amide bonds. The Labute approximate surface area is 90.4 Å². The molecule has 0 unspecified atom stereocenters. The van der Waals surface area contributed by atoms with Crippen LogP contribution >= 0.6 is 0 Å². The molecule has 0 bridgehead atoms. The van der Waals surface area contributed by atoms with Crippen LogP contribution in [0.5, 0.6) is 5.75 Å². The summed E-state index contributed by atoms with van der Waals surface area (Å²) in [5.74, 6) is 0.932. The fourth-order valence-electron chi connectivity index (χ4n) is 1.45. The Balaban J connectivity index is 2.66. The van der Waals surface area contributed by atoms with Crippen LogP contribution < -0.4 is 10.1 Å². The molecule has 3 nitrogen and oxygen atoms in total. The van der Waals surface area contributed by atoms with Gasteiger partial charge < -0.3 is 10.1 Å². The van der Waals surface area contributed by atoms with Crippen LogP contribution in [0.2, 0.25) is 0 Å². The number of ether oxygens (including phenoxy) is 1. The molecule has 0 aliphatic rings. The minimum Gasteiger partial charge on any atom is -0.497 e. The lowest BCUT2D eigenvalue weighted by Gasteiger charge is -2.07. The predicted molar refractivity (Wildman–Crippen MR) is 60.1 cm³/mol.